The average Bonchev–Trinajstić information content (AvgIpc) is 2.94. The van der Waals surface area contributed by atoms with Gasteiger partial charge in [-0.1, -0.05) is 29.8 Å². The Balaban J connectivity index is 2.13. The van der Waals surface area contributed by atoms with E-state index in [1.807, 2.05) is 13.0 Å². The highest BCUT2D eigenvalue weighted by Gasteiger charge is 2.21. The third-order valence-corrected chi connectivity index (χ3v) is 3.69. The molecule has 24 heavy (non-hydrogen) atoms. The van der Waals surface area contributed by atoms with Crippen LogP contribution < -0.4 is 10.6 Å². The lowest BCUT2D eigenvalue weighted by Crippen LogP contribution is -2.45. The molecule has 2 N–H and O–H groups in total. The molecule has 0 radical (unpaired) electrons. The molecular weight excluding hydrogens is 330 g/mol. The van der Waals surface area contributed by atoms with Gasteiger partial charge in [0.15, 0.2) is 5.69 Å². The summed E-state index contributed by atoms with van der Waals surface area (Å²) in [7, 11) is 0. The van der Waals surface area contributed by atoms with Crippen LogP contribution in [0.5, 0.6) is 0 Å². The summed E-state index contributed by atoms with van der Waals surface area (Å²) in [6, 6.07) is 6.43. The van der Waals surface area contributed by atoms with Crippen LogP contribution in [0, 0.1) is 6.92 Å². The first kappa shape index (κ1) is 17.9. The average molecular weight is 350 g/mol. The van der Waals surface area contributed by atoms with Crippen LogP contribution in [0.15, 0.2) is 24.3 Å². The SMILES string of the molecule is CCCNC(=O)[C@H](C)NC(=O)c1nnn(-c2cccc(Cl)c2)c1C. The minimum Gasteiger partial charge on any atom is -0.354 e. The van der Waals surface area contributed by atoms with Gasteiger partial charge in [-0.25, -0.2) is 4.68 Å². The molecule has 0 aliphatic heterocycles. The van der Waals surface area contributed by atoms with Gasteiger partial charge in [-0.15, -0.1) is 5.10 Å². The van der Waals surface area contributed by atoms with E-state index >= 15 is 0 Å². The van der Waals surface area contributed by atoms with Gasteiger partial charge in [-0.2, -0.15) is 0 Å². The van der Waals surface area contributed by atoms with Crippen molar-refractivity contribution >= 4 is 23.4 Å². The highest BCUT2D eigenvalue weighted by molar-refractivity contribution is 6.30. The number of rotatable bonds is 6. The van der Waals surface area contributed by atoms with E-state index in [1.54, 1.807) is 32.0 Å². The number of aromatic nitrogens is 3. The van der Waals surface area contributed by atoms with Crippen LogP contribution in [0.3, 0.4) is 0 Å². The zero-order valence-corrected chi connectivity index (χ0v) is 14.6. The summed E-state index contributed by atoms with van der Waals surface area (Å²) in [6.45, 7) is 5.89. The fraction of sp³-hybridized carbons (Fsp3) is 0.375. The molecule has 0 spiro atoms. The van der Waals surface area contributed by atoms with Crippen molar-refractivity contribution in [2.75, 3.05) is 6.54 Å². The Hall–Kier alpha value is -2.41. The van der Waals surface area contributed by atoms with Crippen LogP contribution in [0.4, 0.5) is 0 Å². The van der Waals surface area contributed by atoms with Crippen molar-refractivity contribution in [1.29, 1.82) is 0 Å². The van der Waals surface area contributed by atoms with Gasteiger partial charge in [0.25, 0.3) is 5.91 Å². The number of benzene rings is 1. The number of carbonyl (C=O) groups is 2. The molecule has 0 aliphatic carbocycles. The minimum absolute atomic E-state index is 0.171. The van der Waals surface area contributed by atoms with Gasteiger partial charge in [-0.05, 0) is 38.5 Å². The van der Waals surface area contributed by atoms with Crippen LogP contribution in [0.2, 0.25) is 5.02 Å². The number of halogens is 1. The maximum Gasteiger partial charge on any atom is 0.274 e. The normalized spacial score (nSPS) is 11.8. The van der Waals surface area contributed by atoms with Crippen LogP contribution in [0.1, 0.15) is 36.5 Å². The second-order valence-corrected chi connectivity index (χ2v) is 5.84. The topological polar surface area (TPSA) is 88.9 Å². The predicted octanol–water partition coefficient (Wildman–Crippen LogP) is 1.87. The molecule has 8 heteroatoms. The minimum atomic E-state index is -0.653. The highest BCUT2D eigenvalue weighted by Crippen LogP contribution is 2.16. The van der Waals surface area contributed by atoms with E-state index in [2.05, 4.69) is 20.9 Å². The first-order valence-electron chi connectivity index (χ1n) is 7.70. The van der Waals surface area contributed by atoms with E-state index in [1.165, 1.54) is 4.68 Å². The first-order valence-corrected chi connectivity index (χ1v) is 8.08. The molecule has 1 atom stereocenters. The van der Waals surface area contributed by atoms with Crippen LogP contribution in [0.25, 0.3) is 5.69 Å². The maximum atomic E-state index is 12.3. The second-order valence-electron chi connectivity index (χ2n) is 5.40. The van der Waals surface area contributed by atoms with Gasteiger partial charge in [0.2, 0.25) is 5.91 Å². The zero-order chi connectivity index (χ0) is 17.7. The summed E-state index contributed by atoms with van der Waals surface area (Å²) < 4.78 is 1.53. The summed E-state index contributed by atoms with van der Waals surface area (Å²) in [5.74, 6) is -0.676. The molecule has 2 amide bonds. The summed E-state index contributed by atoms with van der Waals surface area (Å²) in [5.41, 5.74) is 1.45. The molecule has 7 nitrogen and oxygen atoms in total. The highest BCUT2D eigenvalue weighted by atomic mass is 35.5. The number of carbonyl (C=O) groups excluding carboxylic acids is 2. The first-order chi connectivity index (χ1) is 11.4. The third-order valence-electron chi connectivity index (χ3n) is 3.45. The monoisotopic (exact) mass is 349 g/mol. The van der Waals surface area contributed by atoms with Gasteiger partial charge >= 0.3 is 0 Å². The van der Waals surface area contributed by atoms with E-state index in [0.29, 0.717) is 22.9 Å². The Bertz CT molecular complexity index is 744. The predicted molar refractivity (Wildman–Crippen MR) is 91.3 cm³/mol. The van der Waals surface area contributed by atoms with Crippen LogP contribution in [-0.4, -0.2) is 39.4 Å². The molecule has 2 aromatic rings. The summed E-state index contributed by atoms with van der Waals surface area (Å²) in [6.07, 6.45) is 0.833. The number of hydrogen-bond donors (Lipinski definition) is 2. The molecule has 0 bridgehead atoms. The quantitative estimate of drug-likeness (QED) is 0.833. The van der Waals surface area contributed by atoms with Crippen molar-refractivity contribution in [2.24, 2.45) is 0 Å². The lowest BCUT2D eigenvalue weighted by molar-refractivity contribution is -0.122. The van der Waals surface area contributed by atoms with E-state index < -0.39 is 11.9 Å². The summed E-state index contributed by atoms with van der Waals surface area (Å²) in [5, 5.41) is 13.8. The van der Waals surface area contributed by atoms with Crippen molar-refractivity contribution in [3.05, 3.63) is 40.7 Å². The maximum absolute atomic E-state index is 12.3. The molecule has 2 rings (SSSR count). The Morgan fingerprint density at radius 2 is 2.12 bits per heavy atom. The lowest BCUT2D eigenvalue weighted by atomic mass is 10.2. The lowest BCUT2D eigenvalue weighted by Gasteiger charge is -2.13. The Labute approximate surface area is 145 Å². The van der Waals surface area contributed by atoms with Crippen LogP contribution >= 0.6 is 11.6 Å². The van der Waals surface area contributed by atoms with Gasteiger partial charge < -0.3 is 10.6 Å². The molecular formula is C16H20ClN5O2. The smallest absolute Gasteiger partial charge is 0.274 e. The van der Waals surface area contributed by atoms with Gasteiger partial charge in [-0.3, -0.25) is 9.59 Å². The standard InChI is InChI=1S/C16H20ClN5O2/c1-4-8-18-15(23)10(2)19-16(24)14-11(3)22(21-20-14)13-7-5-6-12(17)9-13/h5-7,9-10H,4,8H2,1-3H3,(H,18,23)(H,19,24)/t10-/m0/s1. The Morgan fingerprint density at radius 1 is 1.38 bits per heavy atom. The summed E-state index contributed by atoms with van der Waals surface area (Å²) in [4.78, 5) is 24.2. The van der Waals surface area contributed by atoms with E-state index in [9.17, 15) is 9.59 Å². The van der Waals surface area contributed by atoms with E-state index in [0.717, 1.165) is 6.42 Å². The molecule has 1 aromatic carbocycles. The Morgan fingerprint density at radius 3 is 2.79 bits per heavy atom. The molecule has 1 heterocycles. The van der Waals surface area contributed by atoms with Crippen molar-refractivity contribution < 1.29 is 9.59 Å². The number of amides is 2. The largest absolute Gasteiger partial charge is 0.354 e. The second kappa shape index (κ2) is 7.92. The number of nitrogens with one attached hydrogen (secondary N) is 2. The van der Waals surface area contributed by atoms with Crippen molar-refractivity contribution in [2.45, 2.75) is 33.2 Å². The van der Waals surface area contributed by atoms with E-state index in [-0.39, 0.29) is 11.6 Å². The Kier molecular flexibility index (Phi) is 5.92. The van der Waals surface area contributed by atoms with Gasteiger partial charge in [0.1, 0.15) is 6.04 Å². The molecule has 0 unspecified atom stereocenters. The molecule has 0 saturated carbocycles. The van der Waals surface area contributed by atoms with Gasteiger partial charge in [0.05, 0.1) is 11.4 Å². The van der Waals surface area contributed by atoms with Crippen molar-refractivity contribution in [3.8, 4) is 5.69 Å². The van der Waals surface area contributed by atoms with E-state index in [4.69, 9.17) is 11.6 Å². The van der Waals surface area contributed by atoms with Crippen LogP contribution in [-0.2, 0) is 4.79 Å². The molecule has 1 aromatic heterocycles. The molecule has 0 saturated heterocycles. The third kappa shape index (κ3) is 4.11. The zero-order valence-electron chi connectivity index (χ0n) is 13.8. The molecule has 0 aliphatic rings. The molecule has 0 fully saturated rings. The number of hydrogen-bond acceptors (Lipinski definition) is 4. The van der Waals surface area contributed by atoms with Crippen molar-refractivity contribution in [1.82, 2.24) is 25.6 Å². The molecule has 128 valence electrons. The summed E-state index contributed by atoms with van der Waals surface area (Å²) >= 11 is 5.98. The van der Waals surface area contributed by atoms with Crippen molar-refractivity contribution in [3.63, 3.8) is 0 Å². The fourth-order valence-electron chi connectivity index (χ4n) is 2.12. The number of nitrogens with zero attached hydrogens (tertiary/aromatic N) is 3. The fourth-order valence-corrected chi connectivity index (χ4v) is 2.31. The van der Waals surface area contributed by atoms with Gasteiger partial charge in [0, 0.05) is 11.6 Å².